The van der Waals surface area contributed by atoms with Gasteiger partial charge in [-0.1, -0.05) is 30.3 Å². The summed E-state index contributed by atoms with van der Waals surface area (Å²) in [4.78, 5) is 14.9. The van der Waals surface area contributed by atoms with Crippen molar-refractivity contribution in [2.45, 2.75) is 30.3 Å². The van der Waals surface area contributed by atoms with Crippen molar-refractivity contribution in [3.8, 4) is 5.75 Å². The Kier molecular flexibility index (Phi) is 4.78. The number of nitrogens with zero attached hydrogens (tertiary/aromatic N) is 2. The summed E-state index contributed by atoms with van der Waals surface area (Å²) < 4.78 is 33.7. The summed E-state index contributed by atoms with van der Waals surface area (Å²) in [6.07, 6.45) is 2.23. The number of hydrogen-bond acceptors (Lipinski definition) is 4. The lowest BCUT2D eigenvalue weighted by Crippen LogP contribution is -2.52. The van der Waals surface area contributed by atoms with E-state index in [0.29, 0.717) is 24.5 Å². The summed E-state index contributed by atoms with van der Waals surface area (Å²) in [7, 11) is -3.79. The van der Waals surface area contributed by atoms with Gasteiger partial charge in [0.25, 0.3) is 15.9 Å². The molecule has 0 aromatic heterocycles. The average molecular weight is 386 g/mol. The smallest absolute Gasteiger partial charge is 0.265 e. The zero-order valence-corrected chi connectivity index (χ0v) is 15.8. The average Bonchev–Trinajstić information content (AvgIpc) is 2.73. The minimum Gasteiger partial charge on any atom is -0.476 e. The van der Waals surface area contributed by atoms with Gasteiger partial charge in [-0.25, -0.2) is 8.42 Å². The van der Waals surface area contributed by atoms with Crippen LogP contribution in [0, 0.1) is 0 Å². The minimum atomic E-state index is -3.79. The third kappa shape index (κ3) is 3.39. The number of para-hydroxylation sites is 2. The van der Waals surface area contributed by atoms with Crippen molar-refractivity contribution < 1.29 is 17.9 Å². The molecule has 1 amide bonds. The Morgan fingerprint density at radius 2 is 1.59 bits per heavy atom. The zero-order valence-electron chi connectivity index (χ0n) is 15.0. The van der Waals surface area contributed by atoms with E-state index >= 15 is 0 Å². The molecule has 0 bridgehead atoms. The van der Waals surface area contributed by atoms with Gasteiger partial charge in [0.1, 0.15) is 5.75 Å². The molecule has 7 heteroatoms. The Morgan fingerprint density at radius 3 is 2.33 bits per heavy atom. The summed E-state index contributed by atoms with van der Waals surface area (Å²) >= 11 is 0. The van der Waals surface area contributed by atoms with Gasteiger partial charge in [-0.2, -0.15) is 0 Å². The number of carbonyl (C=O) groups excluding carboxylic acids is 1. The van der Waals surface area contributed by atoms with E-state index in [0.717, 1.165) is 19.3 Å². The van der Waals surface area contributed by atoms with Gasteiger partial charge in [-0.05, 0) is 43.5 Å². The first-order valence-electron chi connectivity index (χ1n) is 9.19. The van der Waals surface area contributed by atoms with E-state index in [2.05, 4.69) is 0 Å². The molecule has 142 valence electrons. The molecule has 27 heavy (non-hydrogen) atoms. The molecule has 0 aliphatic carbocycles. The van der Waals surface area contributed by atoms with Crippen LogP contribution in [0.4, 0.5) is 5.69 Å². The molecule has 0 saturated carbocycles. The Balaban J connectivity index is 1.69. The van der Waals surface area contributed by atoms with Gasteiger partial charge in [-0.3, -0.25) is 9.10 Å². The van der Waals surface area contributed by atoms with E-state index in [1.165, 1.54) is 4.31 Å². The van der Waals surface area contributed by atoms with E-state index in [1.54, 1.807) is 59.5 Å². The number of piperidine rings is 1. The number of sulfonamides is 1. The summed E-state index contributed by atoms with van der Waals surface area (Å²) in [5, 5.41) is 0. The Hall–Kier alpha value is -2.54. The maximum atomic E-state index is 13.2. The molecule has 1 saturated heterocycles. The summed E-state index contributed by atoms with van der Waals surface area (Å²) in [6.45, 7) is 1.38. The second-order valence-corrected chi connectivity index (χ2v) is 8.67. The number of benzene rings is 2. The van der Waals surface area contributed by atoms with Gasteiger partial charge < -0.3 is 9.64 Å². The molecule has 1 fully saturated rings. The van der Waals surface area contributed by atoms with Crippen LogP contribution in [0.15, 0.2) is 59.5 Å². The van der Waals surface area contributed by atoms with E-state index in [1.807, 2.05) is 0 Å². The maximum absolute atomic E-state index is 13.2. The van der Waals surface area contributed by atoms with Crippen LogP contribution >= 0.6 is 0 Å². The molecule has 2 aromatic rings. The second-order valence-electron chi connectivity index (χ2n) is 6.81. The number of amides is 1. The van der Waals surface area contributed by atoms with Crippen LogP contribution in [-0.4, -0.2) is 45.0 Å². The van der Waals surface area contributed by atoms with Crippen LogP contribution in [0.2, 0.25) is 0 Å². The first-order chi connectivity index (χ1) is 13.1. The molecular formula is C20H22N2O4S. The standard InChI is InChI=1S/C20H22N2O4S/c23-20(21-13-7-2-8-14-21)19-15-22(17-11-5-6-12-18(17)26-19)27(24,25)16-9-3-1-4-10-16/h1,3-6,9-12,19H,2,7-8,13-15H2/t19-/m1/s1. The van der Waals surface area contributed by atoms with Gasteiger partial charge in [-0.15, -0.1) is 0 Å². The first-order valence-corrected chi connectivity index (χ1v) is 10.6. The SMILES string of the molecule is O=C([C@H]1CN(S(=O)(=O)c2ccccc2)c2ccccc2O1)N1CCCCC1. The predicted molar refractivity (Wildman–Crippen MR) is 102 cm³/mol. The van der Waals surface area contributed by atoms with Crippen molar-refractivity contribution in [3.63, 3.8) is 0 Å². The normalized spacial score (nSPS) is 19.9. The first kappa shape index (κ1) is 17.9. The molecule has 2 aromatic carbocycles. The van der Waals surface area contributed by atoms with Crippen molar-refractivity contribution in [1.29, 1.82) is 0 Å². The van der Waals surface area contributed by atoms with Crippen LogP contribution < -0.4 is 9.04 Å². The van der Waals surface area contributed by atoms with Crippen LogP contribution in [0.5, 0.6) is 5.75 Å². The lowest BCUT2D eigenvalue weighted by Gasteiger charge is -2.37. The second kappa shape index (κ2) is 7.23. The molecule has 1 atom stereocenters. The molecule has 0 N–H and O–H groups in total. The van der Waals surface area contributed by atoms with E-state index in [4.69, 9.17) is 4.74 Å². The van der Waals surface area contributed by atoms with Crippen molar-refractivity contribution in [1.82, 2.24) is 4.90 Å². The summed E-state index contributed by atoms with van der Waals surface area (Å²) in [5.41, 5.74) is 0.462. The Morgan fingerprint density at radius 1 is 0.926 bits per heavy atom. The van der Waals surface area contributed by atoms with Crippen molar-refractivity contribution >= 4 is 21.6 Å². The monoisotopic (exact) mass is 386 g/mol. The highest BCUT2D eigenvalue weighted by Crippen LogP contribution is 2.37. The molecular weight excluding hydrogens is 364 g/mol. The number of carbonyl (C=O) groups is 1. The molecule has 0 spiro atoms. The third-order valence-corrected chi connectivity index (χ3v) is 6.80. The Bertz CT molecular complexity index is 924. The van der Waals surface area contributed by atoms with E-state index in [9.17, 15) is 13.2 Å². The fourth-order valence-corrected chi connectivity index (χ4v) is 5.09. The number of anilines is 1. The van der Waals surface area contributed by atoms with Gasteiger partial charge in [0.05, 0.1) is 17.1 Å². The van der Waals surface area contributed by atoms with Crippen molar-refractivity contribution in [2.24, 2.45) is 0 Å². The number of hydrogen-bond donors (Lipinski definition) is 0. The predicted octanol–water partition coefficient (Wildman–Crippen LogP) is 2.66. The van der Waals surface area contributed by atoms with Gasteiger partial charge in [0.15, 0.2) is 6.10 Å². The van der Waals surface area contributed by atoms with Gasteiger partial charge in [0.2, 0.25) is 0 Å². The molecule has 0 unspecified atom stereocenters. The fourth-order valence-electron chi connectivity index (χ4n) is 3.60. The molecule has 2 aliphatic rings. The van der Waals surface area contributed by atoms with Crippen LogP contribution in [0.1, 0.15) is 19.3 Å². The summed E-state index contributed by atoms with van der Waals surface area (Å²) in [5.74, 6) is 0.274. The number of ether oxygens (including phenoxy) is 1. The van der Waals surface area contributed by atoms with E-state index in [-0.39, 0.29) is 17.3 Å². The molecule has 4 rings (SSSR count). The molecule has 2 heterocycles. The van der Waals surface area contributed by atoms with E-state index < -0.39 is 16.1 Å². The van der Waals surface area contributed by atoms with Crippen LogP contribution in [0.3, 0.4) is 0 Å². The van der Waals surface area contributed by atoms with Crippen molar-refractivity contribution in [3.05, 3.63) is 54.6 Å². The molecule has 2 aliphatic heterocycles. The lowest BCUT2D eigenvalue weighted by molar-refractivity contribution is -0.139. The lowest BCUT2D eigenvalue weighted by atomic mass is 10.1. The zero-order chi connectivity index (χ0) is 18.9. The maximum Gasteiger partial charge on any atom is 0.265 e. The fraction of sp³-hybridized carbons (Fsp3) is 0.350. The van der Waals surface area contributed by atoms with Crippen LogP contribution in [-0.2, 0) is 14.8 Å². The number of likely N-dealkylation sites (tertiary alicyclic amines) is 1. The van der Waals surface area contributed by atoms with Gasteiger partial charge in [0, 0.05) is 13.1 Å². The Labute approximate surface area is 159 Å². The largest absolute Gasteiger partial charge is 0.476 e. The topological polar surface area (TPSA) is 66.9 Å². The van der Waals surface area contributed by atoms with Crippen LogP contribution in [0.25, 0.3) is 0 Å². The van der Waals surface area contributed by atoms with Crippen molar-refractivity contribution in [2.75, 3.05) is 23.9 Å². The minimum absolute atomic E-state index is 0.0242. The van der Waals surface area contributed by atoms with Gasteiger partial charge >= 0.3 is 0 Å². The summed E-state index contributed by atoms with van der Waals surface area (Å²) in [6, 6.07) is 15.2. The third-order valence-electron chi connectivity index (χ3n) is 5.01. The number of fused-ring (bicyclic) bond motifs is 1. The quantitative estimate of drug-likeness (QED) is 0.813. The molecule has 0 radical (unpaired) electrons. The highest BCUT2D eigenvalue weighted by Gasteiger charge is 2.39. The highest BCUT2D eigenvalue weighted by atomic mass is 32.2. The number of rotatable bonds is 3. The molecule has 6 nitrogen and oxygen atoms in total. The highest BCUT2D eigenvalue weighted by molar-refractivity contribution is 7.92.